The quantitative estimate of drug-likeness (QED) is 0.670. The second-order valence-electron chi connectivity index (χ2n) is 6.73. The number of rotatable bonds is 5. The Morgan fingerprint density at radius 3 is 2.93 bits per heavy atom. The molecule has 27 heavy (non-hydrogen) atoms. The summed E-state index contributed by atoms with van der Waals surface area (Å²) < 4.78 is 7.48. The molecule has 0 atom stereocenters. The lowest BCUT2D eigenvalue weighted by Crippen LogP contribution is -2.30. The minimum Gasteiger partial charge on any atom is -0.323 e. The van der Waals surface area contributed by atoms with Crippen molar-refractivity contribution in [2.75, 3.05) is 31.1 Å². The molecule has 3 heterocycles. The van der Waals surface area contributed by atoms with Crippen LogP contribution in [0.2, 0.25) is 5.02 Å². The first-order chi connectivity index (χ1) is 13.2. The van der Waals surface area contributed by atoms with Crippen molar-refractivity contribution in [1.29, 1.82) is 0 Å². The lowest BCUT2D eigenvalue weighted by molar-refractivity contribution is 0.285. The van der Waals surface area contributed by atoms with Gasteiger partial charge >= 0.3 is 6.01 Å². The Morgan fingerprint density at radius 1 is 1.19 bits per heavy atom. The Kier molecular flexibility index (Phi) is 5.40. The number of aryl methyl sites for hydroxylation is 1. The molecule has 0 aliphatic carbocycles. The molecule has 0 N–H and O–H groups in total. The Morgan fingerprint density at radius 2 is 2.11 bits per heavy atom. The van der Waals surface area contributed by atoms with Crippen molar-refractivity contribution < 1.29 is 4.52 Å². The molecule has 1 aromatic carbocycles. The molecule has 0 radical (unpaired) electrons. The number of halogens is 1. The van der Waals surface area contributed by atoms with Gasteiger partial charge in [0.15, 0.2) is 0 Å². The number of hydrogen-bond acceptors (Lipinski definition) is 6. The largest absolute Gasteiger partial charge is 0.324 e. The topological polar surface area (TPSA) is 63.2 Å². The number of benzene rings is 1. The molecule has 1 aliphatic rings. The van der Waals surface area contributed by atoms with E-state index in [9.17, 15) is 0 Å². The highest BCUT2D eigenvalue weighted by Gasteiger charge is 2.20. The van der Waals surface area contributed by atoms with Gasteiger partial charge in [-0.1, -0.05) is 28.9 Å². The molecule has 7 nitrogen and oxygen atoms in total. The third kappa shape index (κ3) is 4.31. The molecule has 8 heteroatoms. The summed E-state index contributed by atoms with van der Waals surface area (Å²) >= 11 is 6.06. The van der Waals surface area contributed by atoms with Crippen LogP contribution in [-0.4, -0.2) is 51.0 Å². The van der Waals surface area contributed by atoms with Crippen molar-refractivity contribution in [2.24, 2.45) is 0 Å². The molecule has 142 valence electrons. The van der Waals surface area contributed by atoms with Crippen LogP contribution in [-0.2, 0) is 13.1 Å². The van der Waals surface area contributed by atoms with Crippen LogP contribution in [0.5, 0.6) is 0 Å². The molecular weight excluding hydrogens is 364 g/mol. The van der Waals surface area contributed by atoms with Crippen molar-refractivity contribution >= 4 is 17.6 Å². The van der Waals surface area contributed by atoms with Crippen LogP contribution in [0.3, 0.4) is 0 Å². The van der Waals surface area contributed by atoms with Crippen molar-refractivity contribution in [2.45, 2.75) is 26.4 Å². The molecular formula is C19H23ClN6O. The number of hydrogen-bond donors (Lipinski definition) is 0. The molecule has 2 aromatic heterocycles. The van der Waals surface area contributed by atoms with Gasteiger partial charge in [-0.15, -0.1) is 0 Å². The maximum atomic E-state index is 6.06. The smallest absolute Gasteiger partial charge is 0.323 e. The first-order valence-electron chi connectivity index (χ1n) is 9.29. The summed E-state index contributed by atoms with van der Waals surface area (Å²) in [5, 5.41) is 9.14. The Balaban J connectivity index is 1.39. The molecule has 1 fully saturated rings. The summed E-state index contributed by atoms with van der Waals surface area (Å²) in [7, 11) is 0. The van der Waals surface area contributed by atoms with Crippen LogP contribution in [0.25, 0.3) is 11.4 Å². The zero-order valence-corrected chi connectivity index (χ0v) is 16.1. The predicted molar refractivity (Wildman–Crippen MR) is 105 cm³/mol. The van der Waals surface area contributed by atoms with Crippen LogP contribution in [0.4, 0.5) is 6.01 Å². The highest BCUT2D eigenvalue weighted by Crippen LogP contribution is 2.23. The summed E-state index contributed by atoms with van der Waals surface area (Å²) in [6.07, 6.45) is 5.14. The van der Waals surface area contributed by atoms with Gasteiger partial charge in [0.05, 0.1) is 6.20 Å². The van der Waals surface area contributed by atoms with E-state index < -0.39 is 0 Å². The van der Waals surface area contributed by atoms with E-state index in [1.807, 2.05) is 35.1 Å². The van der Waals surface area contributed by atoms with Gasteiger partial charge in [-0.25, -0.2) is 0 Å². The van der Waals surface area contributed by atoms with E-state index in [0.717, 1.165) is 51.3 Å². The molecule has 0 spiro atoms. The fraction of sp³-hybridized carbons (Fsp3) is 0.421. The third-order valence-corrected chi connectivity index (χ3v) is 5.01. The van der Waals surface area contributed by atoms with Gasteiger partial charge in [-0.3, -0.25) is 9.58 Å². The van der Waals surface area contributed by atoms with E-state index >= 15 is 0 Å². The summed E-state index contributed by atoms with van der Waals surface area (Å²) in [6, 6.07) is 8.07. The van der Waals surface area contributed by atoms with Crippen molar-refractivity contribution in [1.82, 2.24) is 24.8 Å². The van der Waals surface area contributed by atoms with Gasteiger partial charge in [0.1, 0.15) is 0 Å². The SMILES string of the molecule is CCn1cc(CN2CCCN(c3nc(-c4cccc(Cl)c4)no3)CC2)cn1. The molecule has 0 unspecified atom stereocenters. The predicted octanol–water partition coefficient (Wildman–Crippen LogP) is 3.32. The standard InChI is InChI=1S/C19H23ClN6O/c1-2-26-14-15(12-21-26)13-24-7-4-8-25(10-9-24)19-22-18(23-27-19)16-5-3-6-17(20)11-16/h3,5-6,11-12,14H,2,4,7-10,13H2,1H3. The minimum atomic E-state index is 0.570. The van der Waals surface area contributed by atoms with Gasteiger partial charge < -0.3 is 9.42 Å². The van der Waals surface area contributed by atoms with Crippen molar-refractivity contribution in [3.63, 3.8) is 0 Å². The van der Waals surface area contributed by atoms with Gasteiger partial charge in [-0.05, 0) is 25.5 Å². The van der Waals surface area contributed by atoms with Gasteiger partial charge in [0.2, 0.25) is 5.82 Å². The molecule has 4 rings (SSSR count). The van der Waals surface area contributed by atoms with E-state index in [0.29, 0.717) is 16.9 Å². The monoisotopic (exact) mass is 386 g/mol. The number of aromatic nitrogens is 4. The Labute approximate surface area is 163 Å². The van der Waals surface area contributed by atoms with Crippen LogP contribution in [0.15, 0.2) is 41.2 Å². The van der Waals surface area contributed by atoms with E-state index in [4.69, 9.17) is 16.1 Å². The molecule has 0 saturated carbocycles. The highest BCUT2D eigenvalue weighted by molar-refractivity contribution is 6.30. The van der Waals surface area contributed by atoms with E-state index in [2.05, 4.69) is 38.2 Å². The normalized spacial score (nSPS) is 15.9. The molecule has 0 amide bonds. The second kappa shape index (κ2) is 8.10. The van der Waals surface area contributed by atoms with E-state index in [1.54, 1.807) is 0 Å². The van der Waals surface area contributed by atoms with Crippen LogP contribution in [0, 0.1) is 0 Å². The van der Waals surface area contributed by atoms with Gasteiger partial charge in [-0.2, -0.15) is 10.1 Å². The maximum absolute atomic E-state index is 6.06. The molecule has 1 aliphatic heterocycles. The average molecular weight is 387 g/mol. The summed E-state index contributed by atoms with van der Waals surface area (Å²) in [5.74, 6) is 0.570. The zero-order valence-electron chi connectivity index (χ0n) is 15.4. The van der Waals surface area contributed by atoms with Crippen LogP contribution < -0.4 is 4.90 Å². The van der Waals surface area contributed by atoms with E-state index in [1.165, 1.54) is 5.56 Å². The number of anilines is 1. The zero-order chi connectivity index (χ0) is 18.6. The first kappa shape index (κ1) is 18.0. The molecule has 0 bridgehead atoms. The fourth-order valence-corrected chi connectivity index (χ4v) is 3.52. The third-order valence-electron chi connectivity index (χ3n) is 4.77. The second-order valence-corrected chi connectivity index (χ2v) is 7.17. The highest BCUT2D eigenvalue weighted by atomic mass is 35.5. The lowest BCUT2D eigenvalue weighted by Gasteiger charge is -2.19. The molecule has 1 saturated heterocycles. The Bertz CT molecular complexity index is 892. The molecule has 3 aromatic rings. The van der Waals surface area contributed by atoms with Crippen LogP contribution in [0.1, 0.15) is 18.9 Å². The van der Waals surface area contributed by atoms with Crippen LogP contribution >= 0.6 is 11.6 Å². The Hall–Kier alpha value is -2.38. The first-order valence-corrected chi connectivity index (χ1v) is 9.67. The average Bonchev–Trinajstić information content (AvgIpc) is 3.28. The summed E-state index contributed by atoms with van der Waals surface area (Å²) in [4.78, 5) is 9.18. The van der Waals surface area contributed by atoms with Gasteiger partial charge in [0, 0.05) is 61.6 Å². The summed E-state index contributed by atoms with van der Waals surface area (Å²) in [5.41, 5.74) is 2.12. The van der Waals surface area contributed by atoms with Crippen molar-refractivity contribution in [3.05, 3.63) is 47.2 Å². The maximum Gasteiger partial charge on any atom is 0.324 e. The minimum absolute atomic E-state index is 0.570. The number of nitrogens with zero attached hydrogens (tertiary/aromatic N) is 6. The van der Waals surface area contributed by atoms with E-state index in [-0.39, 0.29) is 0 Å². The fourth-order valence-electron chi connectivity index (χ4n) is 3.33. The van der Waals surface area contributed by atoms with Gasteiger partial charge in [0.25, 0.3) is 0 Å². The lowest BCUT2D eigenvalue weighted by atomic mass is 10.2. The van der Waals surface area contributed by atoms with Crippen molar-refractivity contribution in [3.8, 4) is 11.4 Å². The summed E-state index contributed by atoms with van der Waals surface area (Å²) in [6.45, 7) is 7.68.